The molecule has 0 saturated carbocycles. The molecule has 2 aromatic carbocycles. The van der Waals surface area contributed by atoms with Gasteiger partial charge in [0.15, 0.2) is 6.61 Å². The molecule has 0 aliphatic carbocycles. The molecular formula is C19H20ClN3O3. The lowest BCUT2D eigenvalue weighted by atomic mass is 10.1. The predicted octanol–water partition coefficient (Wildman–Crippen LogP) is 2.96. The molecule has 0 spiro atoms. The van der Waals surface area contributed by atoms with Crippen molar-refractivity contribution < 1.29 is 14.3 Å². The third kappa shape index (κ3) is 5.60. The number of hydrazone groups is 1. The van der Waals surface area contributed by atoms with Gasteiger partial charge in [-0.05, 0) is 61.0 Å². The van der Waals surface area contributed by atoms with Crippen LogP contribution in [0.2, 0.25) is 5.02 Å². The molecule has 2 rings (SSSR count). The van der Waals surface area contributed by atoms with E-state index in [0.717, 1.165) is 5.56 Å². The number of likely N-dealkylation sites (N-methyl/N-ethyl adjacent to an activating group) is 1. The zero-order valence-corrected chi connectivity index (χ0v) is 15.6. The van der Waals surface area contributed by atoms with Gasteiger partial charge in [0.05, 0.1) is 5.71 Å². The molecular weight excluding hydrogens is 354 g/mol. The molecule has 0 unspecified atom stereocenters. The number of rotatable bonds is 6. The topological polar surface area (TPSA) is 71.0 Å². The van der Waals surface area contributed by atoms with Gasteiger partial charge in [-0.2, -0.15) is 5.10 Å². The van der Waals surface area contributed by atoms with Gasteiger partial charge in [0.25, 0.3) is 11.8 Å². The first-order chi connectivity index (χ1) is 12.4. The number of nitrogens with one attached hydrogen (secondary N) is 1. The molecule has 0 saturated heterocycles. The van der Waals surface area contributed by atoms with Crippen molar-refractivity contribution in [2.45, 2.75) is 6.92 Å². The summed E-state index contributed by atoms with van der Waals surface area (Å²) in [5.41, 5.74) is 4.45. The monoisotopic (exact) mass is 373 g/mol. The SMILES string of the molecule is C/C(=N/NC(=O)c1ccc(Cl)cc1)c1ccc(OCC(=O)N(C)C)cc1. The van der Waals surface area contributed by atoms with Crippen molar-refractivity contribution in [1.82, 2.24) is 10.3 Å². The molecule has 0 atom stereocenters. The average molecular weight is 374 g/mol. The Balaban J connectivity index is 1.95. The van der Waals surface area contributed by atoms with Gasteiger partial charge >= 0.3 is 0 Å². The van der Waals surface area contributed by atoms with Crippen molar-refractivity contribution >= 4 is 29.1 Å². The zero-order chi connectivity index (χ0) is 19.1. The normalized spacial score (nSPS) is 11.0. The highest BCUT2D eigenvalue weighted by Gasteiger charge is 2.07. The minimum Gasteiger partial charge on any atom is -0.484 e. The lowest BCUT2D eigenvalue weighted by Crippen LogP contribution is -2.27. The number of ether oxygens (including phenoxy) is 1. The second-order valence-electron chi connectivity index (χ2n) is 5.75. The summed E-state index contributed by atoms with van der Waals surface area (Å²) in [6, 6.07) is 13.7. The molecule has 2 aromatic rings. The van der Waals surface area contributed by atoms with Crippen molar-refractivity contribution in [3.05, 3.63) is 64.7 Å². The van der Waals surface area contributed by atoms with E-state index in [9.17, 15) is 9.59 Å². The Morgan fingerprint density at radius 1 is 1.04 bits per heavy atom. The minimum atomic E-state index is -0.317. The highest BCUT2D eigenvalue weighted by molar-refractivity contribution is 6.30. The molecule has 0 heterocycles. The van der Waals surface area contributed by atoms with Gasteiger partial charge in [-0.1, -0.05) is 11.6 Å². The second kappa shape index (κ2) is 9.01. The molecule has 0 radical (unpaired) electrons. The van der Waals surface area contributed by atoms with E-state index in [1.54, 1.807) is 57.4 Å². The molecule has 7 heteroatoms. The molecule has 2 amide bonds. The molecule has 0 fully saturated rings. The van der Waals surface area contributed by atoms with E-state index in [1.165, 1.54) is 4.90 Å². The van der Waals surface area contributed by atoms with Gasteiger partial charge in [-0.15, -0.1) is 0 Å². The Morgan fingerprint density at radius 3 is 2.19 bits per heavy atom. The van der Waals surface area contributed by atoms with Crippen LogP contribution in [0.3, 0.4) is 0 Å². The lowest BCUT2D eigenvalue weighted by molar-refractivity contribution is -0.130. The maximum Gasteiger partial charge on any atom is 0.271 e. The molecule has 0 aliphatic heterocycles. The maximum absolute atomic E-state index is 12.0. The number of amides is 2. The van der Waals surface area contributed by atoms with Crippen LogP contribution in [0.15, 0.2) is 53.6 Å². The van der Waals surface area contributed by atoms with E-state index in [2.05, 4.69) is 10.5 Å². The van der Waals surface area contributed by atoms with E-state index < -0.39 is 0 Å². The van der Waals surface area contributed by atoms with Crippen LogP contribution in [0.1, 0.15) is 22.8 Å². The van der Waals surface area contributed by atoms with Crippen LogP contribution in [-0.4, -0.2) is 43.1 Å². The summed E-state index contributed by atoms with van der Waals surface area (Å²) in [6.45, 7) is 1.77. The molecule has 26 heavy (non-hydrogen) atoms. The van der Waals surface area contributed by atoms with Crippen molar-refractivity contribution in [3.63, 3.8) is 0 Å². The fourth-order valence-corrected chi connectivity index (χ4v) is 2.06. The highest BCUT2D eigenvalue weighted by Crippen LogP contribution is 2.13. The summed E-state index contributed by atoms with van der Waals surface area (Å²) in [4.78, 5) is 25.0. The summed E-state index contributed by atoms with van der Waals surface area (Å²) < 4.78 is 5.42. The Kier molecular flexibility index (Phi) is 6.74. The van der Waals surface area contributed by atoms with Crippen LogP contribution in [0.4, 0.5) is 0 Å². The molecule has 136 valence electrons. The average Bonchev–Trinajstić information content (AvgIpc) is 2.64. The van der Waals surface area contributed by atoms with Gasteiger partial charge in [-0.3, -0.25) is 9.59 Å². The van der Waals surface area contributed by atoms with Gasteiger partial charge in [0, 0.05) is 24.7 Å². The first-order valence-corrected chi connectivity index (χ1v) is 8.28. The van der Waals surface area contributed by atoms with Crippen molar-refractivity contribution in [1.29, 1.82) is 0 Å². The fourth-order valence-electron chi connectivity index (χ4n) is 1.93. The van der Waals surface area contributed by atoms with Gasteiger partial charge in [0.1, 0.15) is 5.75 Å². The minimum absolute atomic E-state index is 0.0173. The zero-order valence-electron chi connectivity index (χ0n) is 14.8. The number of nitrogens with zero attached hydrogens (tertiary/aromatic N) is 2. The fraction of sp³-hybridized carbons (Fsp3) is 0.211. The Bertz CT molecular complexity index is 800. The van der Waals surface area contributed by atoms with E-state index in [0.29, 0.717) is 22.0 Å². The molecule has 0 aliphatic rings. The Morgan fingerprint density at radius 2 is 1.62 bits per heavy atom. The largest absolute Gasteiger partial charge is 0.484 e. The van der Waals surface area contributed by atoms with Crippen LogP contribution in [0, 0.1) is 0 Å². The molecule has 0 bridgehead atoms. The number of halogens is 1. The number of carbonyl (C=O) groups is 2. The number of benzene rings is 2. The lowest BCUT2D eigenvalue weighted by Gasteiger charge is -2.11. The Labute approximate surface area is 157 Å². The molecule has 0 aromatic heterocycles. The van der Waals surface area contributed by atoms with Crippen LogP contribution < -0.4 is 10.2 Å². The van der Waals surface area contributed by atoms with Gasteiger partial charge < -0.3 is 9.64 Å². The first kappa shape index (κ1) is 19.5. The van der Waals surface area contributed by atoms with Crippen LogP contribution >= 0.6 is 11.6 Å². The number of carbonyl (C=O) groups excluding carboxylic acids is 2. The van der Waals surface area contributed by atoms with E-state index >= 15 is 0 Å². The van der Waals surface area contributed by atoms with Gasteiger partial charge in [-0.25, -0.2) is 5.43 Å². The summed E-state index contributed by atoms with van der Waals surface area (Å²) in [5, 5.41) is 4.67. The number of hydrogen-bond acceptors (Lipinski definition) is 4. The summed E-state index contributed by atoms with van der Waals surface area (Å²) in [5.74, 6) is 0.154. The van der Waals surface area contributed by atoms with E-state index in [1.807, 2.05) is 12.1 Å². The van der Waals surface area contributed by atoms with E-state index in [4.69, 9.17) is 16.3 Å². The standard InChI is InChI=1S/C19H20ClN3O3/c1-13(21-22-19(25)15-4-8-16(20)9-5-15)14-6-10-17(11-7-14)26-12-18(24)23(2)3/h4-11H,12H2,1-3H3,(H,22,25)/b21-13-. The van der Waals surface area contributed by atoms with E-state index in [-0.39, 0.29) is 18.4 Å². The molecule has 6 nitrogen and oxygen atoms in total. The second-order valence-corrected chi connectivity index (χ2v) is 6.18. The first-order valence-electron chi connectivity index (χ1n) is 7.90. The third-order valence-corrected chi connectivity index (χ3v) is 3.82. The molecule has 1 N–H and O–H groups in total. The van der Waals surface area contributed by atoms with Crippen molar-refractivity contribution in [2.75, 3.05) is 20.7 Å². The van der Waals surface area contributed by atoms with Crippen LogP contribution in [0.5, 0.6) is 5.75 Å². The van der Waals surface area contributed by atoms with Crippen molar-refractivity contribution in [3.8, 4) is 5.75 Å². The summed E-state index contributed by atoms with van der Waals surface area (Å²) >= 11 is 5.80. The van der Waals surface area contributed by atoms with Crippen molar-refractivity contribution in [2.24, 2.45) is 5.10 Å². The highest BCUT2D eigenvalue weighted by atomic mass is 35.5. The Hall–Kier alpha value is -2.86. The van der Waals surface area contributed by atoms with Crippen LogP contribution in [0.25, 0.3) is 0 Å². The van der Waals surface area contributed by atoms with Gasteiger partial charge in [0.2, 0.25) is 0 Å². The number of hydrogen-bond donors (Lipinski definition) is 1. The predicted molar refractivity (Wildman–Crippen MR) is 102 cm³/mol. The maximum atomic E-state index is 12.0. The summed E-state index contributed by atoms with van der Waals surface area (Å²) in [7, 11) is 3.35. The summed E-state index contributed by atoms with van der Waals surface area (Å²) in [6.07, 6.45) is 0. The smallest absolute Gasteiger partial charge is 0.271 e. The van der Waals surface area contributed by atoms with Crippen LogP contribution in [-0.2, 0) is 4.79 Å². The third-order valence-electron chi connectivity index (χ3n) is 3.56. The quantitative estimate of drug-likeness (QED) is 0.625.